The summed E-state index contributed by atoms with van der Waals surface area (Å²) in [5.41, 5.74) is 7.29. The first kappa shape index (κ1) is 102. The van der Waals surface area contributed by atoms with Crippen LogP contribution in [0.25, 0.3) is 10.8 Å². The number of unbranched alkanes of at least 4 members (excludes halogenated alkanes) is 1. The van der Waals surface area contributed by atoms with E-state index in [0.717, 1.165) is 29.0 Å². The molecule has 1 aliphatic heterocycles. The molecule has 10 amide bonds. The van der Waals surface area contributed by atoms with E-state index in [0.29, 0.717) is 35.5 Å². The Labute approximate surface area is 727 Å². The summed E-state index contributed by atoms with van der Waals surface area (Å²) >= 11 is 0. The molecule has 0 bridgehead atoms. The topological polar surface area (TPSA) is 695 Å². The van der Waals surface area contributed by atoms with Crippen molar-refractivity contribution in [2.24, 2.45) is 0 Å². The minimum Gasteiger partial charge on any atom is -0.508 e. The predicted octanol–water partition coefficient (Wildman–Crippen LogP) is -2.78. The van der Waals surface area contributed by atoms with Gasteiger partial charge in [0.05, 0.1) is 19.6 Å². The molecule has 5 aromatic carbocycles. The standard InChI is InChI=1S/C83H111N15O29/c84-54-16-11-48(12-17-54)39-62(88-68(104)24-22-66(82(125)126)98-34-32-96(46-71(108)109)30-28-95(36-37-99)29-31-97(33-35-98)47-72(110)111)75(114)91-63(40-49-13-18-55(100)19-14-49)77(116)92-64(41-50-10-15-51-6-1-2-7-52(51)38-50)76(115)89-59(79(119)120)8-3-4-26-86-74(113)65(90-73(112)53-42-56(101)44-57(102)43-53)45-69(105)85-27-5-9-58(78(117)118)87-67(103)23-20-60(80(121)122)93-83(127)94-61(81(123)124)21-25-70(106)107/h1-2,6-7,10-19,38,42-44,58-66,71,99-102,108-109H,3-5,8-9,20-37,39-41,45-47,84H2,(H,85,105)(H,86,113)(H,87,103)(H,88,104)(H,89,115)(H,90,112)(H,91,114)(H,92,116)(H,106,107)(H,110,111)(H,117,118)(H,119,120)(H,121,122)(H,123,124)(H,125,126)(H2,93,94,127)/t58?,59-,60+,61+,62+,63-,64-,65-,66?/m1/s1. The summed E-state index contributed by atoms with van der Waals surface area (Å²) in [6.07, 6.45) is -7.77. The number of nitrogens with one attached hydrogen (secondary N) is 10. The van der Waals surface area contributed by atoms with Crippen LogP contribution in [0.1, 0.15) is 104 Å². The van der Waals surface area contributed by atoms with Gasteiger partial charge in [0.15, 0.2) is 6.29 Å². The van der Waals surface area contributed by atoms with E-state index in [4.69, 9.17) is 10.8 Å². The third-order valence-electron chi connectivity index (χ3n) is 20.6. The number of anilines is 1. The zero-order valence-electron chi connectivity index (χ0n) is 69.4. The third-order valence-corrected chi connectivity index (χ3v) is 20.6. The maximum absolute atomic E-state index is 15.2. The molecule has 2 unspecified atom stereocenters. The highest BCUT2D eigenvalue weighted by molar-refractivity contribution is 6.00. The van der Waals surface area contributed by atoms with Gasteiger partial charge in [-0.05, 0) is 115 Å². The molecular weight excluding hydrogens is 1670 g/mol. The Morgan fingerprint density at radius 1 is 0.386 bits per heavy atom. The van der Waals surface area contributed by atoms with E-state index < -0.39 is 212 Å². The van der Waals surface area contributed by atoms with E-state index in [9.17, 15) is 128 Å². The Morgan fingerprint density at radius 2 is 0.850 bits per heavy atom. The molecule has 9 atom stereocenters. The van der Waals surface area contributed by atoms with Crippen molar-refractivity contribution in [1.29, 1.82) is 0 Å². The van der Waals surface area contributed by atoms with Crippen LogP contribution < -0.4 is 58.9 Å². The second kappa shape index (κ2) is 52.4. The number of urea groups is 1. The first-order valence-corrected chi connectivity index (χ1v) is 40.8. The number of carbonyl (C=O) groups excluding carboxylic acids is 9. The average molecular weight is 1780 g/mol. The quantitative estimate of drug-likeness (QED) is 0.0106. The monoisotopic (exact) mass is 1780 g/mol. The summed E-state index contributed by atoms with van der Waals surface area (Å²) in [5.74, 6) is -19.3. The van der Waals surface area contributed by atoms with Crippen LogP contribution in [0.3, 0.4) is 0 Å². The normalized spacial score (nSPS) is 15.2. The number of nitrogens with two attached hydrogens (primary N) is 1. The maximum Gasteiger partial charge on any atom is 0.326 e. The zero-order valence-corrected chi connectivity index (χ0v) is 69.4. The van der Waals surface area contributed by atoms with Crippen molar-refractivity contribution in [1.82, 2.24) is 72.8 Å². The molecule has 692 valence electrons. The molecule has 0 spiro atoms. The smallest absolute Gasteiger partial charge is 0.326 e. The maximum atomic E-state index is 15.2. The lowest BCUT2D eigenvalue weighted by Gasteiger charge is -2.36. The lowest BCUT2D eigenvalue weighted by atomic mass is 9.99. The van der Waals surface area contributed by atoms with Crippen LogP contribution in [0.2, 0.25) is 0 Å². The van der Waals surface area contributed by atoms with Crippen LogP contribution >= 0.6 is 0 Å². The van der Waals surface area contributed by atoms with E-state index >= 15 is 9.59 Å². The number of aliphatic carboxylic acids is 7. The number of phenolic OH excluding ortho intramolecular Hbond substituents is 3. The van der Waals surface area contributed by atoms with Gasteiger partial charge in [-0.2, -0.15) is 0 Å². The Morgan fingerprint density at radius 3 is 1.40 bits per heavy atom. The largest absolute Gasteiger partial charge is 0.508 e. The minimum atomic E-state index is -1.81. The fourth-order valence-corrected chi connectivity index (χ4v) is 13.8. The number of nitrogen functional groups attached to an aromatic ring is 1. The van der Waals surface area contributed by atoms with Crippen molar-refractivity contribution in [2.45, 2.75) is 157 Å². The molecule has 5 aromatic rings. The predicted molar refractivity (Wildman–Crippen MR) is 449 cm³/mol. The van der Waals surface area contributed by atoms with Crippen LogP contribution in [0.5, 0.6) is 17.2 Å². The van der Waals surface area contributed by atoms with Crippen LogP contribution in [0.15, 0.2) is 109 Å². The van der Waals surface area contributed by atoms with Crippen LogP contribution in [0, 0.1) is 0 Å². The molecule has 0 aliphatic carbocycles. The number of aromatic hydroxyl groups is 3. The average Bonchev–Trinajstić information content (AvgIpc) is 0.817. The molecule has 6 rings (SSSR count). The number of phenols is 3. The van der Waals surface area contributed by atoms with Gasteiger partial charge in [0, 0.05) is 134 Å². The van der Waals surface area contributed by atoms with E-state index in [2.05, 4.69) is 42.5 Å². The molecule has 0 radical (unpaired) electrons. The second-order valence-electron chi connectivity index (χ2n) is 30.4. The Hall–Kier alpha value is -13.4. The highest BCUT2D eigenvalue weighted by atomic mass is 16.5. The number of carboxylic acids is 7. The Kier molecular flexibility index (Phi) is 42.2. The summed E-state index contributed by atoms with van der Waals surface area (Å²) in [5, 5.41) is 155. The van der Waals surface area contributed by atoms with E-state index in [1.165, 1.54) is 41.3 Å². The number of benzene rings is 5. The van der Waals surface area contributed by atoms with Crippen LogP contribution in [0.4, 0.5) is 10.5 Å². The van der Waals surface area contributed by atoms with E-state index in [-0.39, 0.29) is 141 Å². The van der Waals surface area contributed by atoms with Crippen molar-refractivity contribution in [3.05, 3.63) is 131 Å². The van der Waals surface area contributed by atoms with Crippen molar-refractivity contribution in [2.75, 3.05) is 97.4 Å². The molecule has 25 N–H and O–H groups in total. The number of aliphatic hydroxyl groups excluding tert-OH is 2. The van der Waals surface area contributed by atoms with Gasteiger partial charge in [0.25, 0.3) is 5.91 Å². The minimum absolute atomic E-state index is 0.00747. The fourth-order valence-electron chi connectivity index (χ4n) is 13.8. The van der Waals surface area contributed by atoms with Crippen molar-refractivity contribution < 1.29 is 143 Å². The summed E-state index contributed by atoms with van der Waals surface area (Å²) < 4.78 is 0. The van der Waals surface area contributed by atoms with Gasteiger partial charge in [0.1, 0.15) is 71.6 Å². The zero-order chi connectivity index (χ0) is 93.4. The van der Waals surface area contributed by atoms with Crippen LogP contribution in [-0.2, 0) is 86.4 Å². The number of hydrogen-bond acceptors (Lipinski definition) is 27. The number of carboxylic acid groups (broad SMARTS) is 7. The van der Waals surface area contributed by atoms with Gasteiger partial charge in [-0.3, -0.25) is 72.3 Å². The van der Waals surface area contributed by atoms with Gasteiger partial charge < -0.3 is 125 Å². The van der Waals surface area contributed by atoms with Gasteiger partial charge in [-0.25, -0.2) is 24.0 Å². The SMILES string of the molecule is Nc1ccc(C[C@H](NC(=O)CCC(C(=O)O)N2CCN(CC(=O)O)CCN(CCO)CCN(CC(O)O)CC2)C(=O)N[C@H](Cc2ccc(O)cc2)C(=O)N[C@H](Cc2ccc3ccccc3c2)C(=O)N[C@H](CCCCNC(=O)[C@@H](CC(=O)NCCCC(NC(=O)CC[C@H](NC(=O)N[C@@H](CCC(=O)O)C(=O)O)C(=O)O)C(=O)O)NC(=O)c2cc(O)cc(O)c2)C(=O)O)cc1. The number of nitrogens with zero attached hydrogens (tertiary/aromatic N) is 4. The number of aliphatic hydroxyl groups is 3. The first-order chi connectivity index (χ1) is 60.3. The summed E-state index contributed by atoms with van der Waals surface area (Å²) in [6.45, 7) is 0.0399. The number of carbonyl (C=O) groups is 16. The van der Waals surface area contributed by atoms with Crippen molar-refractivity contribution in [3.8, 4) is 17.2 Å². The molecule has 1 saturated heterocycles. The lowest BCUT2D eigenvalue weighted by Crippen LogP contribution is -2.59. The Balaban J connectivity index is 1.15. The molecule has 1 aliphatic rings. The molecule has 0 aromatic heterocycles. The summed E-state index contributed by atoms with van der Waals surface area (Å²) in [7, 11) is 0. The molecule has 1 heterocycles. The van der Waals surface area contributed by atoms with E-state index in [1.807, 2.05) is 21.6 Å². The summed E-state index contributed by atoms with van der Waals surface area (Å²) in [6, 6.07) is 10.8. The highest BCUT2D eigenvalue weighted by Crippen LogP contribution is 2.23. The molecule has 0 saturated carbocycles. The third kappa shape index (κ3) is 37.5. The van der Waals surface area contributed by atoms with Crippen molar-refractivity contribution >= 4 is 112 Å². The molecule has 1 fully saturated rings. The van der Waals surface area contributed by atoms with Gasteiger partial charge >= 0.3 is 47.8 Å². The number of fused-ring (bicyclic) bond motifs is 1. The van der Waals surface area contributed by atoms with E-state index in [1.54, 1.807) is 58.3 Å². The second-order valence-corrected chi connectivity index (χ2v) is 30.4. The summed E-state index contributed by atoms with van der Waals surface area (Å²) in [4.78, 5) is 217. The molecule has 44 nitrogen and oxygen atoms in total. The molecule has 44 heteroatoms. The number of rotatable bonds is 51. The van der Waals surface area contributed by atoms with Crippen molar-refractivity contribution in [3.63, 3.8) is 0 Å². The highest BCUT2D eigenvalue weighted by Gasteiger charge is 2.36. The molecule has 127 heavy (non-hydrogen) atoms. The lowest BCUT2D eigenvalue weighted by molar-refractivity contribution is -0.145. The van der Waals surface area contributed by atoms with Crippen LogP contribution in [-0.4, -0.2) is 333 Å². The number of amides is 10. The molecular formula is C83H111N15O29. The van der Waals surface area contributed by atoms with Gasteiger partial charge in [-0.15, -0.1) is 0 Å². The van der Waals surface area contributed by atoms with Gasteiger partial charge in [0.2, 0.25) is 41.4 Å². The Bertz CT molecular complexity index is 4580. The number of β-amino-alcohol motifs (C(OH)–C–C–N with tert-alkyl or cyclic N) is 3. The van der Waals surface area contributed by atoms with Gasteiger partial charge in [-0.1, -0.05) is 66.7 Å². The number of hydrogen-bond donors (Lipinski definition) is 24. The fraction of sp³-hybridized carbons (Fsp3) is 0.470. The first-order valence-electron chi connectivity index (χ1n) is 40.8.